The number of hydrogen-bond donors (Lipinski definition) is 4. The summed E-state index contributed by atoms with van der Waals surface area (Å²) in [5, 5.41) is 31.5. The van der Waals surface area contributed by atoms with Crippen LogP contribution in [0.1, 0.15) is 16.1 Å². The van der Waals surface area contributed by atoms with Crippen LogP contribution < -0.4 is 11.1 Å². The number of aromatic nitrogens is 2. The average molecular weight is 483 g/mol. The Kier molecular flexibility index (Phi) is 6.37. The lowest BCUT2D eigenvalue weighted by Crippen LogP contribution is -2.40. The van der Waals surface area contributed by atoms with Gasteiger partial charge in [-0.15, -0.1) is 0 Å². The lowest BCUT2D eigenvalue weighted by molar-refractivity contribution is -0.0311. The molecule has 1 aromatic carbocycles. The summed E-state index contributed by atoms with van der Waals surface area (Å²) in [4.78, 5) is 20.7. The van der Waals surface area contributed by atoms with Crippen molar-refractivity contribution in [2.75, 3.05) is 11.1 Å². The van der Waals surface area contributed by atoms with Gasteiger partial charge in [-0.1, -0.05) is 6.07 Å². The summed E-state index contributed by atoms with van der Waals surface area (Å²) in [6.45, 7) is 0. The van der Waals surface area contributed by atoms with Crippen molar-refractivity contribution in [2.45, 2.75) is 18.3 Å². The summed E-state index contributed by atoms with van der Waals surface area (Å²) in [6, 6.07) is 6.75. The van der Waals surface area contributed by atoms with E-state index in [9.17, 15) is 28.2 Å². The number of hydrogen-bond acceptors (Lipinski definition) is 8. The van der Waals surface area contributed by atoms with Gasteiger partial charge in [-0.2, -0.15) is 5.26 Å². The first kappa shape index (κ1) is 23.7. The molecule has 0 radical (unpaired) electrons. The van der Waals surface area contributed by atoms with Crippen molar-refractivity contribution in [3.8, 4) is 17.3 Å². The van der Waals surface area contributed by atoms with Crippen LogP contribution in [0.15, 0.2) is 48.8 Å². The number of nitrogen functional groups attached to an aromatic ring is 1. The number of rotatable bonds is 4. The van der Waals surface area contributed by atoms with Crippen molar-refractivity contribution in [1.82, 2.24) is 9.97 Å². The number of halogens is 3. The van der Waals surface area contributed by atoms with Crippen molar-refractivity contribution in [1.29, 1.82) is 5.26 Å². The Hall–Kier alpha value is -4.47. The molecule has 4 rings (SSSR count). The van der Waals surface area contributed by atoms with Gasteiger partial charge in [0.25, 0.3) is 5.91 Å². The molecule has 3 aromatic rings. The van der Waals surface area contributed by atoms with E-state index in [4.69, 9.17) is 15.7 Å². The number of carbonyl (C=O) groups excluding carboxylic acids is 1. The second-order valence-electron chi connectivity index (χ2n) is 7.41. The maximum absolute atomic E-state index is 14.5. The monoisotopic (exact) mass is 483 g/mol. The highest BCUT2D eigenvalue weighted by Gasteiger charge is 2.33. The molecule has 1 aliphatic heterocycles. The lowest BCUT2D eigenvalue weighted by Gasteiger charge is -2.28. The van der Waals surface area contributed by atoms with Gasteiger partial charge in [0.15, 0.2) is 11.5 Å². The van der Waals surface area contributed by atoms with Crippen LogP contribution in [-0.2, 0) is 4.74 Å². The zero-order valence-electron chi connectivity index (χ0n) is 17.6. The van der Waals surface area contributed by atoms with Crippen LogP contribution in [0.4, 0.5) is 24.5 Å². The van der Waals surface area contributed by atoms with Crippen LogP contribution in [-0.4, -0.2) is 44.4 Å². The minimum atomic E-state index is -1.48. The quantitative estimate of drug-likeness (QED) is 0.441. The van der Waals surface area contributed by atoms with E-state index in [1.807, 2.05) is 0 Å². The average Bonchev–Trinajstić information content (AvgIpc) is 2.82. The fourth-order valence-corrected chi connectivity index (χ4v) is 3.41. The summed E-state index contributed by atoms with van der Waals surface area (Å²) < 4.78 is 48.3. The van der Waals surface area contributed by atoms with Gasteiger partial charge in [0.1, 0.15) is 41.4 Å². The Morgan fingerprint density at radius 1 is 1.17 bits per heavy atom. The molecule has 0 spiro atoms. The van der Waals surface area contributed by atoms with Crippen molar-refractivity contribution in [2.24, 2.45) is 0 Å². The molecular weight excluding hydrogens is 467 g/mol. The highest BCUT2D eigenvalue weighted by Crippen LogP contribution is 2.32. The molecule has 0 unspecified atom stereocenters. The van der Waals surface area contributed by atoms with Crippen LogP contribution >= 0.6 is 0 Å². The standard InChI is InChI=1S/C23H16F3N5O4/c24-11-2-1-3-12(25)19(11)20-13(26)6-14(28)21(31-20)23(34)30-15-9-29-5-4-10(15)17-7-16(32)22(33)18(8-27)35-17/h1-7,9,16,18,22,32-33H,28H2,(H,30,34)/t16-,18-,22+/m1/s1. The maximum atomic E-state index is 14.5. The number of nitrogens with two attached hydrogens (primary N) is 1. The molecule has 9 nitrogen and oxygen atoms in total. The molecule has 0 bridgehead atoms. The van der Waals surface area contributed by atoms with E-state index >= 15 is 0 Å². The van der Waals surface area contributed by atoms with Crippen LogP contribution in [0.2, 0.25) is 0 Å². The Morgan fingerprint density at radius 3 is 2.57 bits per heavy atom. The summed E-state index contributed by atoms with van der Waals surface area (Å²) in [5.41, 5.74) is 3.51. The van der Waals surface area contributed by atoms with E-state index in [2.05, 4.69) is 15.3 Å². The maximum Gasteiger partial charge on any atom is 0.276 e. The molecule has 0 fully saturated rings. The molecule has 1 amide bonds. The fourth-order valence-electron chi connectivity index (χ4n) is 3.41. The first-order valence-corrected chi connectivity index (χ1v) is 10.0. The van der Waals surface area contributed by atoms with E-state index in [0.717, 1.165) is 30.3 Å². The van der Waals surface area contributed by atoms with Crippen molar-refractivity contribution < 1.29 is 32.9 Å². The van der Waals surface area contributed by atoms with Crippen molar-refractivity contribution >= 4 is 23.0 Å². The Balaban J connectivity index is 1.71. The van der Waals surface area contributed by atoms with Crippen LogP contribution in [0.3, 0.4) is 0 Å². The third kappa shape index (κ3) is 4.50. The molecule has 3 atom stereocenters. The van der Waals surface area contributed by atoms with Gasteiger partial charge < -0.3 is 26.0 Å². The normalized spacial score (nSPS) is 19.3. The van der Waals surface area contributed by atoms with Gasteiger partial charge in [-0.25, -0.2) is 18.2 Å². The molecule has 0 saturated heterocycles. The zero-order valence-corrected chi connectivity index (χ0v) is 17.6. The summed E-state index contributed by atoms with van der Waals surface area (Å²) in [5.74, 6) is -4.31. The number of anilines is 2. The molecule has 0 saturated carbocycles. The Bertz CT molecular complexity index is 1370. The van der Waals surface area contributed by atoms with E-state index < -0.39 is 64.3 Å². The number of nitriles is 1. The van der Waals surface area contributed by atoms with Crippen LogP contribution in [0, 0.1) is 28.8 Å². The summed E-state index contributed by atoms with van der Waals surface area (Å²) >= 11 is 0. The second-order valence-corrected chi connectivity index (χ2v) is 7.41. The molecule has 35 heavy (non-hydrogen) atoms. The van der Waals surface area contributed by atoms with E-state index in [-0.39, 0.29) is 17.0 Å². The van der Waals surface area contributed by atoms with Crippen LogP contribution in [0.5, 0.6) is 0 Å². The number of carbonyl (C=O) groups is 1. The van der Waals surface area contributed by atoms with E-state index in [1.54, 1.807) is 6.07 Å². The minimum Gasteiger partial charge on any atom is -0.472 e. The van der Waals surface area contributed by atoms with E-state index in [1.165, 1.54) is 18.5 Å². The number of aliphatic hydroxyl groups is 2. The highest BCUT2D eigenvalue weighted by molar-refractivity contribution is 6.07. The fraction of sp³-hybridized carbons (Fsp3) is 0.130. The number of amides is 1. The Labute approximate surface area is 195 Å². The van der Waals surface area contributed by atoms with E-state index in [0.29, 0.717) is 0 Å². The zero-order chi connectivity index (χ0) is 25.3. The van der Waals surface area contributed by atoms with Gasteiger partial charge >= 0.3 is 0 Å². The van der Waals surface area contributed by atoms with Gasteiger partial charge in [-0.05, 0) is 24.3 Å². The first-order chi connectivity index (χ1) is 16.7. The second kappa shape index (κ2) is 9.41. The number of aliphatic hydroxyl groups excluding tert-OH is 2. The predicted molar refractivity (Wildman–Crippen MR) is 117 cm³/mol. The first-order valence-electron chi connectivity index (χ1n) is 10.0. The van der Waals surface area contributed by atoms with Gasteiger partial charge in [-0.3, -0.25) is 9.78 Å². The predicted octanol–water partition coefficient (Wildman–Crippen LogP) is 2.38. The molecule has 5 N–H and O–H groups in total. The highest BCUT2D eigenvalue weighted by atomic mass is 19.1. The minimum absolute atomic E-state index is 0.0215. The van der Waals surface area contributed by atoms with Gasteiger partial charge in [0.2, 0.25) is 6.10 Å². The van der Waals surface area contributed by atoms with Gasteiger partial charge in [0.05, 0.1) is 23.1 Å². The SMILES string of the molecule is N#C[C@H]1OC(c2ccncc2NC(=O)c2nc(-c3c(F)cccc3F)c(F)cc2N)=C[C@@H](O)[C@@H]1O. The third-order valence-electron chi connectivity index (χ3n) is 5.12. The molecule has 3 heterocycles. The molecular formula is C23H16F3N5O4. The topological polar surface area (TPSA) is 154 Å². The lowest BCUT2D eigenvalue weighted by atomic mass is 10.0. The molecule has 0 aliphatic carbocycles. The molecule has 178 valence electrons. The summed E-state index contributed by atoms with van der Waals surface area (Å²) in [6.07, 6.45) is -0.580. The number of benzene rings is 1. The third-order valence-corrected chi connectivity index (χ3v) is 5.12. The summed E-state index contributed by atoms with van der Waals surface area (Å²) in [7, 11) is 0. The molecule has 2 aromatic heterocycles. The van der Waals surface area contributed by atoms with Crippen LogP contribution in [0.25, 0.3) is 17.0 Å². The number of pyridine rings is 2. The number of ether oxygens (including phenoxy) is 1. The number of nitrogens with one attached hydrogen (secondary N) is 1. The van der Waals surface area contributed by atoms with Crippen molar-refractivity contribution in [3.63, 3.8) is 0 Å². The van der Waals surface area contributed by atoms with Crippen molar-refractivity contribution in [3.05, 3.63) is 77.5 Å². The smallest absolute Gasteiger partial charge is 0.276 e. The number of nitrogens with zero attached hydrogens (tertiary/aromatic N) is 3. The molecule has 1 aliphatic rings. The molecule has 12 heteroatoms. The Morgan fingerprint density at radius 2 is 1.89 bits per heavy atom. The largest absolute Gasteiger partial charge is 0.472 e. The van der Waals surface area contributed by atoms with Gasteiger partial charge in [0, 0.05) is 17.8 Å².